The summed E-state index contributed by atoms with van der Waals surface area (Å²) in [5, 5.41) is 19.7. The van der Waals surface area contributed by atoms with E-state index in [1.54, 1.807) is 33.8 Å². The van der Waals surface area contributed by atoms with E-state index in [9.17, 15) is 40.1 Å². The Bertz CT molecular complexity index is 1820. The number of esters is 1. The third-order valence-electron chi connectivity index (χ3n) is 13.6. The minimum absolute atomic E-state index is 0.0278. The van der Waals surface area contributed by atoms with Gasteiger partial charge in [-0.3, -0.25) is 14.4 Å². The summed E-state index contributed by atoms with van der Waals surface area (Å²) in [6.07, 6.45) is 1.80. The molecule has 1 saturated carbocycles. The Kier molecular flexibility index (Phi) is 18.9. The summed E-state index contributed by atoms with van der Waals surface area (Å²) < 4.78 is 46.0. The molecule has 350 valence electrons. The van der Waals surface area contributed by atoms with E-state index in [-0.39, 0.29) is 63.2 Å². The van der Waals surface area contributed by atoms with Gasteiger partial charge in [-0.15, -0.1) is 0 Å². The topological polar surface area (TPSA) is 252 Å². The number of alkyl halides is 1. The van der Waals surface area contributed by atoms with Crippen LogP contribution >= 0.6 is 0 Å². The molecule has 14 atom stereocenters. The number of hydrogen-bond donors (Lipinski definition) is 1. The highest BCUT2D eigenvalue weighted by Crippen LogP contribution is 2.42. The molecule has 4 rings (SSSR count). The van der Waals surface area contributed by atoms with Crippen molar-refractivity contribution in [2.75, 3.05) is 27.4 Å². The van der Waals surface area contributed by atoms with E-state index in [0.717, 1.165) is 4.90 Å². The predicted octanol–water partition coefficient (Wildman–Crippen LogP) is 6.98. The average Bonchev–Trinajstić information content (AvgIpc) is 3.27. The molecule has 0 aromatic carbocycles. The second kappa shape index (κ2) is 23.1. The lowest BCUT2D eigenvalue weighted by molar-refractivity contribution is -0.302. The van der Waals surface area contributed by atoms with Crippen molar-refractivity contribution in [3.05, 3.63) is 44.2 Å². The molecule has 19 heteroatoms. The molecule has 2 bridgehead atoms. The molecule has 3 heterocycles. The number of hydrogen-bond acceptors (Lipinski definition) is 13. The van der Waals surface area contributed by atoms with E-state index in [1.807, 2.05) is 19.9 Å². The number of nitrogens with zero attached hydrogens (tertiary/aromatic N) is 7. The van der Waals surface area contributed by atoms with E-state index in [2.05, 4.69) is 20.1 Å². The molecule has 0 aromatic heterocycles. The van der Waals surface area contributed by atoms with Crippen LogP contribution in [0, 0.1) is 29.6 Å². The Morgan fingerprint density at radius 2 is 1.73 bits per heavy atom. The maximum absolute atomic E-state index is 16.3. The van der Waals surface area contributed by atoms with Crippen LogP contribution in [0.3, 0.4) is 0 Å². The molecule has 0 radical (unpaired) electrons. The standard InChI is InChI=1S/C44H66FN7O11/c1-9-31-21-26(3)37(45)27(4)22-34(59-7)39-35(60-8)23-29(6)44(58,63-39)40(55)41(56)52-17-11-10-12-32(52)42(57)62-38(25(2)13-15-33(31)54)28(5)20-30-14-16-36(48-50-46)43(24-30,49-51-47)61-19-18-53/h18,20-21,25,27,29-32,34-39,58H,9-17,19,22-24H2,1-8H3. The quantitative estimate of drug-likeness (QED) is 0.0446. The molecular weight excluding hydrogens is 822 g/mol. The first-order valence-electron chi connectivity index (χ1n) is 22.2. The number of allylic oxidation sites excluding steroid dienone is 3. The number of ether oxygens (including phenoxy) is 5. The second-order valence-corrected chi connectivity index (χ2v) is 17.9. The third-order valence-corrected chi connectivity index (χ3v) is 13.6. The van der Waals surface area contributed by atoms with Crippen LogP contribution in [-0.2, 0) is 47.7 Å². The smallest absolute Gasteiger partial charge is 0.329 e. The molecule has 2 saturated heterocycles. The van der Waals surface area contributed by atoms with Crippen molar-refractivity contribution in [2.24, 2.45) is 39.8 Å². The zero-order valence-electron chi connectivity index (χ0n) is 37.9. The van der Waals surface area contributed by atoms with Crippen LogP contribution < -0.4 is 0 Å². The number of carbonyl (C=O) groups is 5. The van der Waals surface area contributed by atoms with Gasteiger partial charge in [-0.1, -0.05) is 50.1 Å². The van der Waals surface area contributed by atoms with Crippen molar-refractivity contribution in [3.8, 4) is 0 Å². The molecule has 4 aliphatic rings. The summed E-state index contributed by atoms with van der Waals surface area (Å²) in [6.45, 7) is 9.94. The van der Waals surface area contributed by atoms with Crippen molar-refractivity contribution >= 4 is 29.7 Å². The van der Waals surface area contributed by atoms with Crippen molar-refractivity contribution in [1.29, 1.82) is 0 Å². The molecule has 3 fully saturated rings. The largest absolute Gasteiger partial charge is 0.456 e. The molecule has 0 aromatic rings. The monoisotopic (exact) mass is 887 g/mol. The molecule has 18 nitrogen and oxygen atoms in total. The Morgan fingerprint density at radius 1 is 1.03 bits per heavy atom. The molecule has 1 aliphatic carbocycles. The first-order chi connectivity index (χ1) is 29.9. The van der Waals surface area contributed by atoms with E-state index in [0.29, 0.717) is 43.1 Å². The second-order valence-electron chi connectivity index (χ2n) is 17.9. The number of amides is 1. The summed E-state index contributed by atoms with van der Waals surface area (Å²) in [6, 6.07) is -2.09. The summed E-state index contributed by atoms with van der Waals surface area (Å²) in [5.74, 6) is -8.93. The van der Waals surface area contributed by atoms with Gasteiger partial charge in [0.2, 0.25) is 5.79 Å². The van der Waals surface area contributed by atoms with Gasteiger partial charge in [0.25, 0.3) is 11.7 Å². The fourth-order valence-electron chi connectivity index (χ4n) is 9.86. The Labute approximate surface area is 368 Å². The van der Waals surface area contributed by atoms with E-state index >= 15 is 4.39 Å². The van der Waals surface area contributed by atoms with Crippen LogP contribution in [0.4, 0.5) is 4.39 Å². The molecule has 1 amide bonds. The highest BCUT2D eigenvalue weighted by Gasteiger charge is 2.57. The lowest BCUT2D eigenvalue weighted by Crippen LogP contribution is -2.64. The number of methoxy groups -OCH3 is 2. The number of azide groups is 2. The van der Waals surface area contributed by atoms with E-state index in [4.69, 9.17) is 23.7 Å². The lowest BCUT2D eigenvalue weighted by Gasteiger charge is -2.47. The maximum Gasteiger partial charge on any atom is 0.329 e. The van der Waals surface area contributed by atoms with Crippen LogP contribution in [0.2, 0.25) is 0 Å². The van der Waals surface area contributed by atoms with Crippen LogP contribution in [0.1, 0.15) is 112 Å². The van der Waals surface area contributed by atoms with Gasteiger partial charge in [0.1, 0.15) is 43.1 Å². The number of carbonyl (C=O) groups excluding carboxylic acids is 5. The summed E-state index contributed by atoms with van der Waals surface area (Å²) in [5.41, 5.74) is 18.0. The summed E-state index contributed by atoms with van der Waals surface area (Å²) >= 11 is 0. The number of cyclic esters (lactones) is 1. The lowest BCUT2D eigenvalue weighted by atomic mass is 9.78. The van der Waals surface area contributed by atoms with Gasteiger partial charge < -0.3 is 38.5 Å². The predicted molar refractivity (Wildman–Crippen MR) is 227 cm³/mol. The van der Waals surface area contributed by atoms with Gasteiger partial charge in [0.05, 0.1) is 18.2 Å². The number of Topliss-reactive ketones (excluding diaryl/α,β-unsaturated/α-hetero) is 2. The van der Waals surface area contributed by atoms with Crippen LogP contribution in [0.5, 0.6) is 0 Å². The highest BCUT2D eigenvalue weighted by atomic mass is 19.1. The first-order valence-corrected chi connectivity index (χ1v) is 22.2. The first kappa shape index (κ1) is 51.4. The fourth-order valence-corrected chi connectivity index (χ4v) is 9.86. The molecule has 0 spiro atoms. The van der Waals surface area contributed by atoms with Gasteiger partial charge in [0.15, 0.2) is 5.72 Å². The number of fused-ring (bicyclic) bond motifs is 3. The van der Waals surface area contributed by atoms with Gasteiger partial charge in [-0.2, -0.15) is 0 Å². The number of rotatable bonds is 10. The van der Waals surface area contributed by atoms with Gasteiger partial charge in [-0.05, 0) is 118 Å². The van der Waals surface area contributed by atoms with Crippen LogP contribution in [0.25, 0.3) is 20.9 Å². The molecule has 1 N–H and O–H groups in total. The highest BCUT2D eigenvalue weighted by molar-refractivity contribution is 6.39. The van der Waals surface area contributed by atoms with E-state index in [1.165, 1.54) is 14.2 Å². The van der Waals surface area contributed by atoms with Crippen molar-refractivity contribution in [3.63, 3.8) is 0 Å². The maximum atomic E-state index is 16.3. The number of aldehydes is 1. The SMILES string of the molecule is CCC1C=C(C)C(F)C(C)CC(OC)C2OC(O)(C(=O)C(=O)N3CCCCC3C(=O)OC(C(C)=CC3CCC(N=[N+]=[N-])C(N=[N+]=[N-])(OCC=O)C3)C(C)CCC1=O)C(C)CC2OC. The minimum Gasteiger partial charge on any atom is -0.456 e. The zero-order chi connectivity index (χ0) is 46.6. The van der Waals surface area contributed by atoms with Gasteiger partial charge in [-0.25, -0.2) is 9.18 Å². The minimum atomic E-state index is -2.63. The molecule has 3 aliphatic heterocycles. The summed E-state index contributed by atoms with van der Waals surface area (Å²) in [7, 11) is 2.86. The zero-order valence-corrected chi connectivity index (χ0v) is 37.9. The number of halogens is 1. The number of piperidine rings is 1. The molecule has 14 unspecified atom stereocenters. The Hall–Kier alpha value is -4.22. The van der Waals surface area contributed by atoms with Crippen LogP contribution in [0.15, 0.2) is 33.5 Å². The van der Waals surface area contributed by atoms with E-state index < -0.39 is 102 Å². The van der Waals surface area contributed by atoms with Gasteiger partial charge in [0, 0.05) is 48.8 Å². The third kappa shape index (κ3) is 11.9. The average molecular weight is 888 g/mol. The Morgan fingerprint density at radius 3 is 2.37 bits per heavy atom. The molecule has 63 heavy (non-hydrogen) atoms. The summed E-state index contributed by atoms with van der Waals surface area (Å²) in [4.78, 5) is 75.1. The van der Waals surface area contributed by atoms with Crippen LogP contribution in [-0.4, -0.2) is 121 Å². The fraction of sp³-hybridized carbons (Fsp3) is 0.795. The van der Waals surface area contributed by atoms with Crippen molar-refractivity contribution in [1.82, 2.24) is 4.90 Å². The van der Waals surface area contributed by atoms with Crippen molar-refractivity contribution < 1.29 is 57.2 Å². The van der Waals surface area contributed by atoms with Gasteiger partial charge >= 0.3 is 5.97 Å². The molecular formula is C44H66FN7O11. The Balaban J connectivity index is 1.79. The number of ketones is 2. The number of aliphatic hydroxyl groups is 1. The normalized spacial score (nSPS) is 38.2. The van der Waals surface area contributed by atoms with Crippen molar-refractivity contribution in [2.45, 2.75) is 166 Å².